The Morgan fingerprint density at radius 3 is 2.94 bits per heavy atom. The number of carbonyl (C=O) groups excluding carboxylic acids is 1. The van der Waals surface area contributed by atoms with Gasteiger partial charge in [0, 0.05) is 29.9 Å². The number of hydrogen-bond acceptors (Lipinski definition) is 1. The molecule has 1 aromatic rings. The lowest BCUT2D eigenvalue weighted by atomic mass is 10.1. The zero-order valence-corrected chi connectivity index (χ0v) is 11.7. The first-order valence-electron chi connectivity index (χ1n) is 5.44. The van der Waals surface area contributed by atoms with Gasteiger partial charge in [0.1, 0.15) is 0 Å². The molecular weight excluding hydrogens is 302 g/mol. The minimum atomic E-state index is 0.195. The van der Waals surface area contributed by atoms with E-state index >= 15 is 0 Å². The maximum absolute atomic E-state index is 11.7. The van der Waals surface area contributed by atoms with Gasteiger partial charge in [0.2, 0.25) is 5.91 Å². The average molecular weight is 315 g/mol. The Balaban J connectivity index is 2.08. The van der Waals surface area contributed by atoms with Crippen LogP contribution < -0.4 is 0 Å². The fraction of sp³-hybridized carbons (Fsp3) is 0.308. The van der Waals surface area contributed by atoms with Gasteiger partial charge in [-0.25, -0.2) is 0 Å². The molecular formula is C13H13BrClNO. The van der Waals surface area contributed by atoms with Crippen molar-refractivity contribution in [3.8, 4) is 0 Å². The van der Waals surface area contributed by atoms with E-state index in [1.54, 1.807) is 0 Å². The highest BCUT2D eigenvalue weighted by Crippen LogP contribution is 2.26. The molecule has 0 saturated carbocycles. The molecule has 17 heavy (non-hydrogen) atoms. The van der Waals surface area contributed by atoms with Crippen molar-refractivity contribution >= 4 is 33.4 Å². The van der Waals surface area contributed by atoms with Crippen LogP contribution in [-0.4, -0.2) is 17.4 Å². The van der Waals surface area contributed by atoms with Crippen LogP contribution in [-0.2, 0) is 11.3 Å². The van der Waals surface area contributed by atoms with Crippen molar-refractivity contribution < 1.29 is 4.79 Å². The molecule has 1 aromatic carbocycles. The Bertz CT molecular complexity index is 461. The number of benzene rings is 1. The van der Waals surface area contributed by atoms with E-state index in [4.69, 9.17) is 11.6 Å². The molecule has 90 valence electrons. The summed E-state index contributed by atoms with van der Waals surface area (Å²) < 4.78 is 0.864. The minimum absolute atomic E-state index is 0.195. The zero-order chi connectivity index (χ0) is 12.4. The summed E-state index contributed by atoms with van der Waals surface area (Å²) in [6.07, 6.45) is 2.44. The van der Waals surface area contributed by atoms with E-state index in [-0.39, 0.29) is 5.91 Å². The molecule has 0 aromatic heterocycles. The summed E-state index contributed by atoms with van der Waals surface area (Å²) in [5.74, 6) is 0.485. The third-order valence-corrected chi connectivity index (χ3v) is 4.15. The number of likely N-dealkylation sites (tertiary alicyclic amines) is 1. The van der Waals surface area contributed by atoms with Crippen molar-refractivity contribution in [2.45, 2.75) is 13.0 Å². The highest BCUT2D eigenvalue weighted by atomic mass is 79.9. The van der Waals surface area contributed by atoms with E-state index in [1.165, 1.54) is 0 Å². The van der Waals surface area contributed by atoms with Crippen LogP contribution in [0.1, 0.15) is 12.0 Å². The van der Waals surface area contributed by atoms with Gasteiger partial charge < -0.3 is 4.90 Å². The number of nitrogens with zero attached hydrogens (tertiary/aromatic N) is 1. The quantitative estimate of drug-likeness (QED) is 0.780. The van der Waals surface area contributed by atoms with Gasteiger partial charge in [0.15, 0.2) is 0 Å². The van der Waals surface area contributed by atoms with Gasteiger partial charge in [-0.3, -0.25) is 4.79 Å². The van der Waals surface area contributed by atoms with E-state index in [0.29, 0.717) is 23.9 Å². The van der Waals surface area contributed by atoms with Crippen molar-refractivity contribution in [1.29, 1.82) is 0 Å². The Morgan fingerprint density at radius 1 is 1.59 bits per heavy atom. The predicted octanol–water partition coefficient (Wildman–Crippen LogP) is 3.64. The second-order valence-electron chi connectivity index (χ2n) is 4.22. The molecule has 1 aliphatic heterocycles. The smallest absolute Gasteiger partial charge is 0.223 e. The molecule has 0 radical (unpaired) electrons. The Hall–Kier alpha value is -0.800. The second kappa shape index (κ2) is 5.23. The second-order valence-corrected chi connectivity index (χ2v) is 5.48. The fourth-order valence-corrected chi connectivity index (χ4v) is 2.52. The molecule has 0 bridgehead atoms. The lowest BCUT2D eigenvalue weighted by Gasteiger charge is -2.16. The zero-order valence-electron chi connectivity index (χ0n) is 9.33. The van der Waals surface area contributed by atoms with Crippen LogP contribution in [0, 0.1) is 5.92 Å². The van der Waals surface area contributed by atoms with E-state index in [9.17, 15) is 4.79 Å². The van der Waals surface area contributed by atoms with Gasteiger partial charge in [-0.2, -0.15) is 0 Å². The normalized spacial score (nSPS) is 19.8. The molecule has 4 heteroatoms. The average Bonchev–Trinajstić information content (AvgIpc) is 2.65. The third-order valence-electron chi connectivity index (χ3n) is 2.94. The first kappa shape index (κ1) is 12.7. The lowest BCUT2D eigenvalue weighted by molar-refractivity contribution is -0.128. The number of rotatable bonds is 3. The lowest BCUT2D eigenvalue weighted by Crippen LogP contribution is -2.24. The van der Waals surface area contributed by atoms with Crippen molar-refractivity contribution in [2.24, 2.45) is 5.92 Å². The summed E-state index contributed by atoms with van der Waals surface area (Å²) in [6, 6.07) is 5.74. The third kappa shape index (κ3) is 2.90. The number of halogens is 2. The van der Waals surface area contributed by atoms with Crippen LogP contribution in [0.25, 0.3) is 0 Å². The molecule has 2 rings (SSSR count). The SMILES string of the molecule is C=CC1CC(=O)N(Cc2ccc(Cl)c(Br)c2)C1. The van der Waals surface area contributed by atoms with Gasteiger partial charge in [-0.15, -0.1) is 6.58 Å². The maximum Gasteiger partial charge on any atom is 0.223 e. The number of amides is 1. The molecule has 1 atom stereocenters. The van der Waals surface area contributed by atoms with Crippen molar-refractivity contribution in [1.82, 2.24) is 4.90 Å². The van der Waals surface area contributed by atoms with E-state index < -0.39 is 0 Å². The van der Waals surface area contributed by atoms with E-state index in [0.717, 1.165) is 16.6 Å². The predicted molar refractivity (Wildman–Crippen MR) is 72.9 cm³/mol. The molecule has 1 unspecified atom stereocenters. The van der Waals surface area contributed by atoms with E-state index in [1.807, 2.05) is 29.2 Å². The van der Waals surface area contributed by atoms with Crippen LogP contribution in [0.3, 0.4) is 0 Å². The molecule has 2 nitrogen and oxygen atoms in total. The Morgan fingerprint density at radius 2 is 2.35 bits per heavy atom. The first-order chi connectivity index (χ1) is 8.10. The molecule has 0 N–H and O–H groups in total. The molecule has 1 aliphatic rings. The summed E-state index contributed by atoms with van der Waals surface area (Å²) in [6.45, 7) is 5.14. The monoisotopic (exact) mass is 313 g/mol. The molecule has 1 heterocycles. The van der Waals surface area contributed by atoms with Crippen molar-refractivity contribution in [2.75, 3.05) is 6.54 Å². The molecule has 1 amide bonds. The summed E-state index contributed by atoms with van der Waals surface area (Å²) >= 11 is 9.32. The van der Waals surface area contributed by atoms with Crippen molar-refractivity contribution in [3.05, 3.63) is 45.9 Å². The van der Waals surface area contributed by atoms with Crippen LogP contribution in [0.2, 0.25) is 5.02 Å². The van der Waals surface area contributed by atoms with Gasteiger partial charge in [0.25, 0.3) is 0 Å². The molecule has 0 spiro atoms. The van der Waals surface area contributed by atoms with Crippen LogP contribution >= 0.6 is 27.5 Å². The standard InChI is InChI=1S/C13H13BrClNO/c1-2-9-6-13(17)16(7-9)8-10-3-4-12(15)11(14)5-10/h2-5,9H,1,6-8H2. The largest absolute Gasteiger partial charge is 0.338 e. The van der Waals surface area contributed by atoms with Gasteiger partial charge in [-0.05, 0) is 33.6 Å². The maximum atomic E-state index is 11.7. The number of hydrogen-bond donors (Lipinski definition) is 0. The summed E-state index contributed by atoms with van der Waals surface area (Å²) in [5.41, 5.74) is 1.08. The summed E-state index contributed by atoms with van der Waals surface area (Å²) in [5, 5.41) is 0.686. The van der Waals surface area contributed by atoms with E-state index in [2.05, 4.69) is 22.5 Å². The summed E-state index contributed by atoms with van der Waals surface area (Å²) in [7, 11) is 0. The highest BCUT2D eigenvalue weighted by Gasteiger charge is 2.27. The van der Waals surface area contributed by atoms with Crippen LogP contribution in [0.4, 0.5) is 0 Å². The van der Waals surface area contributed by atoms with Crippen LogP contribution in [0.15, 0.2) is 35.3 Å². The first-order valence-corrected chi connectivity index (χ1v) is 6.61. The van der Waals surface area contributed by atoms with Gasteiger partial charge in [-0.1, -0.05) is 23.7 Å². The fourth-order valence-electron chi connectivity index (χ4n) is 1.97. The Kier molecular flexibility index (Phi) is 3.89. The number of carbonyl (C=O) groups is 1. The molecule has 1 fully saturated rings. The minimum Gasteiger partial charge on any atom is -0.338 e. The van der Waals surface area contributed by atoms with Gasteiger partial charge in [0.05, 0.1) is 5.02 Å². The molecule has 0 aliphatic carbocycles. The topological polar surface area (TPSA) is 20.3 Å². The van der Waals surface area contributed by atoms with Crippen LogP contribution in [0.5, 0.6) is 0 Å². The van der Waals surface area contributed by atoms with Crippen molar-refractivity contribution in [3.63, 3.8) is 0 Å². The molecule has 1 saturated heterocycles. The highest BCUT2D eigenvalue weighted by molar-refractivity contribution is 9.10. The summed E-state index contributed by atoms with van der Waals surface area (Å²) in [4.78, 5) is 13.6. The van der Waals surface area contributed by atoms with Gasteiger partial charge >= 0.3 is 0 Å². The Labute approximate surface area is 114 Å².